The fourth-order valence-electron chi connectivity index (χ4n) is 1.71. The largest absolute Gasteiger partial charge is 0.484 e. The summed E-state index contributed by atoms with van der Waals surface area (Å²) >= 11 is 0. The van der Waals surface area contributed by atoms with E-state index in [-0.39, 0.29) is 18.4 Å². The van der Waals surface area contributed by atoms with Crippen LogP contribution < -0.4 is 15.0 Å². The third-order valence-corrected chi connectivity index (χ3v) is 3.00. The van der Waals surface area contributed by atoms with E-state index >= 15 is 0 Å². The van der Waals surface area contributed by atoms with Crippen LogP contribution in [0.25, 0.3) is 0 Å². The third-order valence-electron chi connectivity index (χ3n) is 3.00. The zero-order valence-electron chi connectivity index (χ0n) is 12.4. The Labute approximate surface area is 128 Å². The molecular weight excluding hydrogens is 282 g/mol. The van der Waals surface area contributed by atoms with Crippen LogP contribution in [0, 0.1) is 0 Å². The summed E-state index contributed by atoms with van der Waals surface area (Å²) in [6, 6.07) is 12.2. The van der Waals surface area contributed by atoms with Crippen molar-refractivity contribution in [3.8, 4) is 5.75 Å². The number of pyridine rings is 1. The fourth-order valence-corrected chi connectivity index (χ4v) is 1.71. The van der Waals surface area contributed by atoms with Gasteiger partial charge < -0.3 is 15.0 Å². The van der Waals surface area contributed by atoms with E-state index in [2.05, 4.69) is 10.3 Å². The Morgan fingerprint density at radius 2 is 1.91 bits per heavy atom. The maximum absolute atomic E-state index is 11.7. The van der Waals surface area contributed by atoms with Crippen LogP contribution in [-0.4, -0.2) is 30.5 Å². The molecule has 0 aliphatic rings. The monoisotopic (exact) mass is 299 g/mol. The first-order valence-electron chi connectivity index (χ1n) is 6.74. The molecule has 2 rings (SSSR count). The molecule has 0 aliphatic carbocycles. The summed E-state index contributed by atoms with van der Waals surface area (Å²) in [7, 11) is 1.69. The number of benzene rings is 1. The van der Waals surface area contributed by atoms with Crippen molar-refractivity contribution in [3.05, 3.63) is 48.7 Å². The Hall–Kier alpha value is -2.89. The molecule has 6 heteroatoms. The van der Waals surface area contributed by atoms with Gasteiger partial charge in [0.25, 0.3) is 5.91 Å². The van der Waals surface area contributed by atoms with Crippen molar-refractivity contribution < 1.29 is 14.3 Å². The molecule has 1 aromatic heterocycles. The molecule has 0 saturated heterocycles. The SMILES string of the molecule is CC(=O)N(C)c1ccc(OCC(=O)Nc2ccccn2)cc1. The molecule has 1 N–H and O–H groups in total. The van der Waals surface area contributed by atoms with E-state index in [1.54, 1.807) is 55.7 Å². The zero-order valence-corrected chi connectivity index (χ0v) is 12.4. The highest BCUT2D eigenvalue weighted by Crippen LogP contribution is 2.18. The van der Waals surface area contributed by atoms with Crippen LogP contribution >= 0.6 is 0 Å². The van der Waals surface area contributed by atoms with Crippen molar-refractivity contribution in [3.63, 3.8) is 0 Å². The smallest absolute Gasteiger partial charge is 0.263 e. The number of aromatic nitrogens is 1. The molecule has 114 valence electrons. The van der Waals surface area contributed by atoms with Crippen LogP contribution in [0.1, 0.15) is 6.92 Å². The zero-order chi connectivity index (χ0) is 15.9. The van der Waals surface area contributed by atoms with Gasteiger partial charge in [-0.3, -0.25) is 9.59 Å². The number of carbonyl (C=O) groups excluding carboxylic acids is 2. The molecule has 1 heterocycles. The van der Waals surface area contributed by atoms with Crippen LogP contribution in [0.15, 0.2) is 48.7 Å². The van der Waals surface area contributed by atoms with Crippen molar-refractivity contribution in [2.45, 2.75) is 6.92 Å². The predicted octanol–water partition coefficient (Wildman–Crippen LogP) is 2.08. The predicted molar refractivity (Wildman–Crippen MR) is 83.9 cm³/mol. The van der Waals surface area contributed by atoms with Gasteiger partial charge in [0.1, 0.15) is 11.6 Å². The highest BCUT2D eigenvalue weighted by molar-refractivity contribution is 5.91. The lowest BCUT2D eigenvalue weighted by atomic mass is 10.3. The minimum absolute atomic E-state index is 0.0524. The summed E-state index contributed by atoms with van der Waals surface area (Å²) in [4.78, 5) is 28.5. The molecule has 0 unspecified atom stereocenters. The topological polar surface area (TPSA) is 71.5 Å². The maximum Gasteiger partial charge on any atom is 0.263 e. The van der Waals surface area contributed by atoms with Gasteiger partial charge in [0.15, 0.2) is 6.61 Å². The van der Waals surface area contributed by atoms with E-state index in [0.29, 0.717) is 11.6 Å². The summed E-state index contributed by atoms with van der Waals surface area (Å²) in [5.41, 5.74) is 0.762. The molecule has 0 aliphatic heterocycles. The first-order chi connectivity index (χ1) is 10.6. The van der Waals surface area contributed by atoms with Crippen molar-refractivity contribution in [1.29, 1.82) is 0 Å². The van der Waals surface area contributed by atoms with Crippen molar-refractivity contribution >= 4 is 23.3 Å². The molecule has 0 atom stereocenters. The second kappa shape index (κ2) is 7.21. The van der Waals surface area contributed by atoms with Gasteiger partial charge in [-0.1, -0.05) is 6.07 Å². The van der Waals surface area contributed by atoms with E-state index in [4.69, 9.17) is 4.74 Å². The number of rotatable bonds is 5. The first-order valence-corrected chi connectivity index (χ1v) is 6.74. The van der Waals surface area contributed by atoms with Crippen LogP contribution in [0.5, 0.6) is 5.75 Å². The molecule has 2 amide bonds. The van der Waals surface area contributed by atoms with Crippen LogP contribution in [0.3, 0.4) is 0 Å². The summed E-state index contributed by atoms with van der Waals surface area (Å²) in [6.07, 6.45) is 1.60. The Bertz CT molecular complexity index is 641. The molecule has 0 fully saturated rings. The first kappa shape index (κ1) is 15.5. The highest BCUT2D eigenvalue weighted by Gasteiger charge is 2.07. The number of nitrogens with one attached hydrogen (secondary N) is 1. The minimum Gasteiger partial charge on any atom is -0.484 e. The van der Waals surface area contributed by atoms with Gasteiger partial charge in [0.2, 0.25) is 5.91 Å². The standard InChI is InChI=1S/C16H17N3O3/c1-12(20)19(2)13-6-8-14(9-7-13)22-11-16(21)18-15-5-3-4-10-17-15/h3-10H,11H2,1-2H3,(H,17,18,21). The number of hydrogen-bond acceptors (Lipinski definition) is 4. The average molecular weight is 299 g/mol. The van der Waals surface area contributed by atoms with E-state index in [0.717, 1.165) is 5.69 Å². The van der Waals surface area contributed by atoms with Crippen molar-refractivity contribution in [2.24, 2.45) is 0 Å². The van der Waals surface area contributed by atoms with Crippen LogP contribution in [0.2, 0.25) is 0 Å². The lowest BCUT2D eigenvalue weighted by Gasteiger charge is -2.15. The Morgan fingerprint density at radius 1 is 1.18 bits per heavy atom. The van der Waals surface area contributed by atoms with Gasteiger partial charge in [-0.25, -0.2) is 4.98 Å². The maximum atomic E-state index is 11.7. The van der Waals surface area contributed by atoms with Gasteiger partial charge >= 0.3 is 0 Å². The number of amides is 2. The van der Waals surface area contributed by atoms with Crippen LogP contribution in [0.4, 0.5) is 11.5 Å². The lowest BCUT2D eigenvalue weighted by molar-refractivity contribution is -0.118. The number of nitrogens with zero attached hydrogens (tertiary/aromatic N) is 2. The van der Waals surface area contributed by atoms with Gasteiger partial charge in [0, 0.05) is 25.9 Å². The van der Waals surface area contributed by atoms with Gasteiger partial charge in [0.05, 0.1) is 0 Å². The van der Waals surface area contributed by atoms with E-state index in [1.807, 2.05) is 0 Å². The number of carbonyl (C=O) groups is 2. The second-order valence-electron chi connectivity index (χ2n) is 4.62. The summed E-state index contributed by atoms with van der Waals surface area (Å²) in [5, 5.41) is 2.63. The van der Waals surface area contributed by atoms with E-state index in [1.165, 1.54) is 11.8 Å². The molecule has 0 bridgehead atoms. The normalized spacial score (nSPS) is 9.91. The molecular formula is C16H17N3O3. The molecule has 0 radical (unpaired) electrons. The molecule has 0 spiro atoms. The fraction of sp³-hybridized carbons (Fsp3) is 0.188. The van der Waals surface area contributed by atoms with Gasteiger partial charge in [-0.15, -0.1) is 0 Å². The molecule has 1 aromatic carbocycles. The summed E-state index contributed by atoms with van der Waals surface area (Å²) < 4.78 is 5.39. The third kappa shape index (κ3) is 4.31. The number of anilines is 2. The Kier molecular flexibility index (Phi) is 5.08. The Morgan fingerprint density at radius 3 is 2.50 bits per heavy atom. The average Bonchev–Trinajstić information content (AvgIpc) is 2.53. The lowest BCUT2D eigenvalue weighted by Crippen LogP contribution is -2.22. The quantitative estimate of drug-likeness (QED) is 0.917. The molecule has 2 aromatic rings. The van der Waals surface area contributed by atoms with Crippen molar-refractivity contribution in [2.75, 3.05) is 23.9 Å². The van der Waals surface area contributed by atoms with Crippen LogP contribution in [-0.2, 0) is 9.59 Å². The second-order valence-corrected chi connectivity index (χ2v) is 4.62. The number of ether oxygens (including phenoxy) is 1. The summed E-state index contributed by atoms with van der Waals surface area (Å²) in [6.45, 7) is 1.38. The summed E-state index contributed by atoms with van der Waals surface area (Å²) in [5.74, 6) is 0.693. The van der Waals surface area contributed by atoms with Gasteiger partial charge in [-0.2, -0.15) is 0 Å². The van der Waals surface area contributed by atoms with Gasteiger partial charge in [-0.05, 0) is 36.4 Å². The Balaban J connectivity index is 1.86. The van der Waals surface area contributed by atoms with E-state index < -0.39 is 0 Å². The van der Waals surface area contributed by atoms with Crippen molar-refractivity contribution in [1.82, 2.24) is 4.98 Å². The highest BCUT2D eigenvalue weighted by atomic mass is 16.5. The molecule has 22 heavy (non-hydrogen) atoms. The minimum atomic E-state index is -0.288. The molecule has 0 saturated carbocycles. The molecule has 6 nitrogen and oxygen atoms in total. The van der Waals surface area contributed by atoms with E-state index in [9.17, 15) is 9.59 Å². The number of hydrogen-bond donors (Lipinski definition) is 1.